The molecule has 3 rings (SSSR count). The van der Waals surface area contributed by atoms with Gasteiger partial charge < -0.3 is 10.2 Å². The van der Waals surface area contributed by atoms with E-state index in [-0.39, 0.29) is 55.9 Å². The van der Waals surface area contributed by atoms with E-state index in [0.717, 1.165) is 22.5 Å². The third-order valence-corrected chi connectivity index (χ3v) is 8.39. The van der Waals surface area contributed by atoms with Gasteiger partial charge in [0.25, 0.3) is 0 Å². The Morgan fingerprint density at radius 3 is 2.24 bits per heavy atom. The van der Waals surface area contributed by atoms with E-state index in [0.29, 0.717) is 10.6 Å². The van der Waals surface area contributed by atoms with E-state index in [4.69, 9.17) is 11.6 Å². The molecule has 2 atom stereocenters. The number of rotatable bonds is 14. The monoisotopic (exact) mass is 601 g/mol. The summed E-state index contributed by atoms with van der Waals surface area (Å²) >= 11 is 6.46. The molecule has 41 heavy (non-hydrogen) atoms. The fourth-order valence-electron chi connectivity index (χ4n) is 4.44. The number of hydrogen-bond acceptors (Lipinski definition) is 4. The molecule has 10 heteroatoms. The van der Waals surface area contributed by atoms with Crippen LogP contribution in [-0.4, -0.2) is 50.0 Å². The van der Waals surface area contributed by atoms with Crippen LogP contribution in [0.3, 0.4) is 0 Å². The van der Waals surface area contributed by atoms with Crippen molar-refractivity contribution in [1.82, 2.24) is 10.2 Å². The predicted molar refractivity (Wildman–Crippen MR) is 162 cm³/mol. The molecule has 0 radical (unpaired) electrons. The summed E-state index contributed by atoms with van der Waals surface area (Å²) in [7, 11) is -3.81. The summed E-state index contributed by atoms with van der Waals surface area (Å²) in [5, 5.41) is 3.48. The maximum atomic E-state index is 14.5. The quantitative estimate of drug-likeness (QED) is 0.261. The molecule has 3 aromatic carbocycles. The lowest BCUT2D eigenvalue weighted by molar-refractivity contribution is -0.141. The van der Waals surface area contributed by atoms with Gasteiger partial charge in [-0.1, -0.05) is 79.2 Å². The first-order chi connectivity index (χ1) is 19.5. The fourth-order valence-corrected chi connectivity index (χ4v) is 5.60. The van der Waals surface area contributed by atoms with Crippen LogP contribution < -0.4 is 9.62 Å². The molecular weight excluding hydrogens is 565 g/mol. The smallest absolute Gasteiger partial charge is 0.243 e. The minimum Gasteiger partial charge on any atom is -0.352 e. The molecule has 0 saturated carbocycles. The minimum absolute atomic E-state index is 0.0627. The lowest BCUT2D eigenvalue weighted by atomic mass is 10.0. The van der Waals surface area contributed by atoms with E-state index < -0.39 is 21.9 Å². The summed E-state index contributed by atoms with van der Waals surface area (Å²) in [6.45, 7) is 3.86. The molecule has 0 aromatic heterocycles. The van der Waals surface area contributed by atoms with Crippen LogP contribution in [0.2, 0.25) is 5.02 Å². The number of carbonyl (C=O) groups is 2. The molecule has 220 valence electrons. The van der Waals surface area contributed by atoms with Crippen molar-refractivity contribution in [3.63, 3.8) is 0 Å². The summed E-state index contributed by atoms with van der Waals surface area (Å²) in [4.78, 5) is 29.0. The van der Waals surface area contributed by atoms with Crippen LogP contribution >= 0.6 is 11.6 Å². The Morgan fingerprint density at radius 2 is 1.61 bits per heavy atom. The van der Waals surface area contributed by atoms with Gasteiger partial charge in [0.1, 0.15) is 11.9 Å². The number of halogens is 2. The molecule has 0 aliphatic rings. The first-order valence-electron chi connectivity index (χ1n) is 13.6. The van der Waals surface area contributed by atoms with Gasteiger partial charge in [-0.3, -0.25) is 13.9 Å². The summed E-state index contributed by atoms with van der Waals surface area (Å²) in [5.74, 6) is -1.30. The molecule has 7 nitrogen and oxygen atoms in total. The average Bonchev–Trinajstić information content (AvgIpc) is 2.94. The first kappa shape index (κ1) is 32.1. The summed E-state index contributed by atoms with van der Waals surface area (Å²) < 4.78 is 40.4. The van der Waals surface area contributed by atoms with Crippen molar-refractivity contribution in [1.29, 1.82) is 0 Å². The van der Waals surface area contributed by atoms with Gasteiger partial charge in [0, 0.05) is 37.0 Å². The lowest BCUT2D eigenvalue weighted by Crippen LogP contribution is -2.52. The van der Waals surface area contributed by atoms with Crippen LogP contribution in [0.5, 0.6) is 0 Å². The van der Waals surface area contributed by atoms with Crippen molar-refractivity contribution in [2.45, 2.75) is 58.2 Å². The van der Waals surface area contributed by atoms with E-state index in [9.17, 15) is 22.4 Å². The topological polar surface area (TPSA) is 86.8 Å². The van der Waals surface area contributed by atoms with Crippen molar-refractivity contribution in [3.8, 4) is 0 Å². The maximum Gasteiger partial charge on any atom is 0.243 e. The highest BCUT2D eigenvalue weighted by molar-refractivity contribution is 7.92. The molecule has 0 fully saturated rings. The average molecular weight is 602 g/mol. The van der Waals surface area contributed by atoms with E-state index in [1.807, 2.05) is 50.2 Å². The first-order valence-corrected chi connectivity index (χ1v) is 15.8. The second kappa shape index (κ2) is 15.0. The number of carbonyl (C=O) groups excluding carboxylic acids is 2. The molecule has 0 spiro atoms. The number of anilines is 1. The summed E-state index contributed by atoms with van der Waals surface area (Å²) in [5.41, 5.74) is 1.49. The van der Waals surface area contributed by atoms with Gasteiger partial charge in [-0.05, 0) is 49.1 Å². The highest BCUT2D eigenvalue weighted by atomic mass is 35.5. The second-order valence-electron chi connectivity index (χ2n) is 10.0. The molecule has 1 N–H and O–H groups in total. The van der Waals surface area contributed by atoms with Crippen molar-refractivity contribution < 1.29 is 22.4 Å². The van der Waals surface area contributed by atoms with Gasteiger partial charge in [0.2, 0.25) is 21.8 Å². The molecule has 0 aliphatic heterocycles. The third-order valence-electron chi connectivity index (χ3n) is 6.84. The molecule has 3 aromatic rings. The molecule has 0 saturated heterocycles. The van der Waals surface area contributed by atoms with Gasteiger partial charge in [0.05, 0.1) is 11.9 Å². The van der Waals surface area contributed by atoms with Crippen LogP contribution in [-0.2, 0) is 32.6 Å². The number of benzene rings is 3. The SMILES string of the molecule is CC[C@@H](C)NC(=O)[C@@H](Cc1ccccc1)N(Cc1ccccc1Cl)C(=O)CCCN(c1ccccc1F)S(C)(=O)=O. The van der Waals surface area contributed by atoms with E-state index in [1.54, 1.807) is 24.3 Å². The maximum absolute atomic E-state index is 14.5. The Balaban J connectivity index is 1.91. The molecule has 0 unspecified atom stereocenters. The molecule has 2 amide bonds. The zero-order valence-corrected chi connectivity index (χ0v) is 25.2. The van der Waals surface area contributed by atoms with Crippen LogP contribution in [0.25, 0.3) is 0 Å². The third kappa shape index (κ3) is 9.30. The second-order valence-corrected chi connectivity index (χ2v) is 12.3. The zero-order chi connectivity index (χ0) is 30.0. The summed E-state index contributed by atoms with van der Waals surface area (Å²) in [6, 6.07) is 21.2. The number of amides is 2. The fraction of sp³-hybridized carbons (Fsp3) is 0.355. The van der Waals surface area contributed by atoms with E-state index in [2.05, 4.69) is 5.32 Å². The lowest BCUT2D eigenvalue weighted by Gasteiger charge is -2.33. The number of para-hydroxylation sites is 1. The Bertz CT molecular complexity index is 1420. The van der Waals surface area contributed by atoms with Gasteiger partial charge in [-0.25, -0.2) is 12.8 Å². The number of nitrogens with one attached hydrogen (secondary N) is 1. The Kier molecular flexibility index (Phi) is 11.7. The largest absolute Gasteiger partial charge is 0.352 e. The molecule has 0 heterocycles. The van der Waals surface area contributed by atoms with Gasteiger partial charge in [0.15, 0.2) is 0 Å². The predicted octanol–water partition coefficient (Wildman–Crippen LogP) is 5.58. The molecular formula is C31H37ClFN3O4S. The number of nitrogens with zero attached hydrogens (tertiary/aromatic N) is 2. The Hall–Kier alpha value is -3.43. The number of sulfonamides is 1. The Morgan fingerprint density at radius 1 is 0.976 bits per heavy atom. The van der Waals surface area contributed by atoms with Crippen LogP contribution in [0.4, 0.5) is 10.1 Å². The van der Waals surface area contributed by atoms with E-state index in [1.165, 1.54) is 23.1 Å². The zero-order valence-electron chi connectivity index (χ0n) is 23.6. The van der Waals surface area contributed by atoms with Gasteiger partial charge in [-0.15, -0.1) is 0 Å². The Labute approximate surface area is 247 Å². The molecule has 0 aliphatic carbocycles. The highest BCUT2D eigenvalue weighted by Crippen LogP contribution is 2.24. The molecule has 0 bridgehead atoms. The van der Waals surface area contributed by atoms with Crippen LogP contribution in [0.15, 0.2) is 78.9 Å². The van der Waals surface area contributed by atoms with Crippen molar-refractivity contribution in [3.05, 3.63) is 101 Å². The van der Waals surface area contributed by atoms with Gasteiger partial charge >= 0.3 is 0 Å². The van der Waals surface area contributed by atoms with Crippen molar-refractivity contribution in [2.24, 2.45) is 0 Å². The van der Waals surface area contributed by atoms with Crippen LogP contribution in [0.1, 0.15) is 44.2 Å². The van der Waals surface area contributed by atoms with Crippen LogP contribution in [0, 0.1) is 5.82 Å². The summed E-state index contributed by atoms with van der Waals surface area (Å²) in [6.07, 6.45) is 2.06. The normalized spacial score (nSPS) is 12.8. The highest BCUT2D eigenvalue weighted by Gasteiger charge is 2.31. The van der Waals surface area contributed by atoms with Gasteiger partial charge in [-0.2, -0.15) is 0 Å². The van der Waals surface area contributed by atoms with Crippen molar-refractivity contribution >= 4 is 39.1 Å². The van der Waals surface area contributed by atoms with Crippen molar-refractivity contribution in [2.75, 3.05) is 17.1 Å². The number of hydrogen-bond donors (Lipinski definition) is 1. The standard InChI is InChI=1S/C31H37ClFN3O4S/c1-4-23(2)34-31(38)29(21-24-13-6-5-7-14-24)35(22-25-15-8-9-16-26(25)32)30(37)19-12-20-36(41(3,39)40)28-18-11-10-17-27(28)33/h5-11,13-18,23,29H,4,12,19-22H2,1-3H3,(H,34,38)/t23-,29-/m1/s1. The van der Waals surface area contributed by atoms with E-state index >= 15 is 0 Å². The minimum atomic E-state index is -3.81.